The third-order valence-electron chi connectivity index (χ3n) is 3.76. The van der Waals surface area contributed by atoms with E-state index in [0.717, 1.165) is 48.7 Å². The van der Waals surface area contributed by atoms with E-state index in [0.29, 0.717) is 5.92 Å². The van der Waals surface area contributed by atoms with Crippen LogP contribution >= 0.6 is 11.6 Å². The van der Waals surface area contributed by atoms with Gasteiger partial charge in [-0.1, -0.05) is 18.2 Å². The highest BCUT2D eigenvalue weighted by Crippen LogP contribution is 2.28. The number of nitrogens with zero attached hydrogens (tertiary/aromatic N) is 1. The minimum Gasteiger partial charge on any atom is -0.496 e. The summed E-state index contributed by atoms with van der Waals surface area (Å²) in [4.78, 5) is 13.6. The minimum atomic E-state index is 0.0211. The number of carbonyl (C=O) groups is 1. The Morgan fingerprint density at radius 3 is 3.10 bits per heavy atom. The summed E-state index contributed by atoms with van der Waals surface area (Å²) in [7, 11) is 1.67. The number of rotatable bonds is 4. The molecule has 1 atom stereocenters. The zero-order valence-corrected chi connectivity index (χ0v) is 12.5. The first-order valence-corrected chi connectivity index (χ1v) is 7.25. The Morgan fingerprint density at radius 1 is 1.60 bits per heavy atom. The van der Waals surface area contributed by atoms with E-state index in [1.54, 1.807) is 7.11 Å². The van der Waals surface area contributed by atoms with E-state index in [-0.39, 0.29) is 5.91 Å². The van der Waals surface area contributed by atoms with Crippen LogP contribution in [0.2, 0.25) is 5.02 Å². The molecule has 1 aromatic rings. The summed E-state index contributed by atoms with van der Waals surface area (Å²) in [6.45, 7) is 5.16. The zero-order chi connectivity index (χ0) is 14.5. The lowest BCUT2D eigenvalue weighted by Crippen LogP contribution is -2.39. The second-order valence-corrected chi connectivity index (χ2v) is 5.59. The molecule has 1 fully saturated rings. The molecule has 108 valence electrons. The van der Waals surface area contributed by atoms with E-state index in [4.69, 9.17) is 16.3 Å². The van der Waals surface area contributed by atoms with Crippen molar-refractivity contribution in [2.24, 2.45) is 5.92 Å². The van der Waals surface area contributed by atoms with Crippen molar-refractivity contribution in [3.63, 3.8) is 0 Å². The third-order valence-corrected chi connectivity index (χ3v) is 3.99. The topological polar surface area (TPSA) is 29.5 Å². The Labute approximate surface area is 125 Å². The predicted octanol–water partition coefficient (Wildman–Crippen LogP) is 3.32. The molecular weight excluding hydrogens is 274 g/mol. The monoisotopic (exact) mass is 293 g/mol. The molecule has 3 nitrogen and oxygen atoms in total. The Morgan fingerprint density at radius 2 is 2.40 bits per heavy atom. The number of likely N-dealkylation sites (tertiary alicyclic amines) is 1. The van der Waals surface area contributed by atoms with Gasteiger partial charge in [0.25, 0.3) is 0 Å². The number of hydrogen-bond donors (Lipinski definition) is 0. The van der Waals surface area contributed by atoms with E-state index in [1.807, 2.05) is 23.1 Å². The summed E-state index contributed by atoms with van der Waals surface area (Å²) in [6, 6.07) is 5.68. The van der Waals surface area contributed by atoms with Gasteiger partial charge in [-0.25, -0.2) is 0 Å². The normalized spacial score (nSPS) is 18.7. The van der Waals surface area contributed by atoms with E-state index < -0.39 is 0 Å². The third kappa shape index (κ3) is 3.54. The molecule has 4 heteroatoms. The van der Waals surface area contributed by atoms with Crippen LogP contribution in [0.4, 0.5) is 0 Å². The minimum absolute atomic E-state index is 0.0211. The van der Waals surface area contributed by atoms with Gasteiger partial charge in [-0.2, -0.15) is 0 Å². The van der Waals surface area contributed by atoms with Gasteiger partial charge in [0.15, 0.2) is 0 Å². The van der Waals surface area contributed by atoms with Crippen molar-refractivity contribution in [2.75, 3.05) is 20.2 Å². The Bertz CT molecular complexity index is 501. The molecule has 2 rings (SSSR count). The fourth-order valence-corrected chi connectivity index (χ4v) is 2.97. The second kappa shape index (κ2) is 6.80. The number of ether oxygens (including phenoxy) is 1. The molecule has 1 aliphatic rings. The Balaban J connectivity index is 2.07. The van der Waals surface area contributed by atoms with Gasteiger partial charge in [-0.3, -0.25) is 4.79 Å². The maximum absolute atomic E-state index is 11.7. The largest absolute Gasteiger partial charge is 0.496 e. The molecule has 0 radical (unpaired) electrons. The number of hydrogen-bond acceptors (Lipinski definition) is 2. The van der Waals surface area contributed by atoms with Crippen LogP contribution in [0.5, 0.6) is 5.75 Å². The van der Waals surface area contributed by atoms with Gasteiger partial charge >= 0.3 is 0 Å². The number of carbonyl (C=O) groups excluding carboxylic acids is 1. The van der Waals surface area contributed by atoms with Gasteiger partial charge in [-0.15, -0.1) is 0 Å². The molecule has 0 N–H and O–H groups in total. The molecule has 1 aromatic carbocycles. The van der Waals surface area contributed by atoms with Crippen LogP contribution < -0.4 is 4.74 Å². The molecule has 1 heterocycles. The lowest BCUT2D eigenvalue weighted by Gasteiger charge is -2.32. The van der Waals surface area contributed by atoms with Gasteiger partial charge in [0.05, 0.1) is 7.11 Å². The number of benzene rings is 1. The predicted molar refractivity (Wildman–Crippen MR) is 81.2 cm³/mol. The summed E-state index contributed by atoms with van der Waals surface area (Å²) in [5, 5.41) is 0.718. The van der Waals surface area contributed by atoms with Gasteiger partial charge in [0.1, 0.15) is 5.75 Å². The van der Waals surface area contributed by atoms with Gasteiger partial charge < -0.3 is 9.64 Å². The maximum Gasteiger partial charge on any atom is 0.245 e. The average molecular weight is 294 g/mol. The molecular formula is C16H20ClNO2. The molecule has 1 unspecified atom stereocenters. The fraction of sp³-hybridized carbons (Fsp3) is 0.438. The van der Waals surface area contributed by atoms with Crippen LogP contribution in [0.15, 0.2) is 30.9 Å². The number of amides is 1. The van der Waals surface area contributed by atoms with Crippen LogP contribution in [0, 0.1) is 5.92 Å². The van der Waals surface area contributed by atoms with E-state index in [2.05, 4.69) is 6.58 Å². The van der Waals surface area contributed by atoms with Crippen LogP contribution in [-0.2, 0) is 11.2 Å². The van der Waals surface area contributed by atoms with Crippen molar-refractivity contribution < 1.29 is 9.53 Å². The zero-order valence-electron chi connectivity index (χ0n) is 11.8. The van der Waals surface area contributed by atoms with Crippen molar-refractivity contribution in [1.29, 1.82) is 0 Å². The highest BCUT2D eigenvalue weighted by Gasteiger charge is 2.23. The van der Waals surface area contributed by atoms with Crippen molar-refractivity contribution in [1.82, 2.24) is 4.90 Å². The van der Waals surface area contributed by atoms with Crippen LogP contribution in [0.25, 0.3) is 0 Å². The Hall–Kier alpha value is -1.48. The first-order valence-electron chi connectivity index (χ1n) is 6.87. The lowest BCUT2D eigenvalue weighted by atomic mass is 9.91. The first-order chi connectivity index (χ1) is 9.63. The molecule has 0 aliphatic carbocycles. The van der Waals surface area contributed by atoms with Crippen LogP contribution in [-0.4, -0.2) is 31.0 Å². The highest BCUT2D eigenvalue weighted by atomic mass is 35.5. The summed E-state index contributed by atoms with van der Waals surface area (Å²) >= 11 is 6.06. The molecule has 0 saturated carbocycles. The number of halogens is 1. The van der Waals surface area contributed by atoms with Crippen LogP contribution in [0.1, 0.15) is 18.4 Å². The van der Waals surface area contributed by atoms with Crippen molar-refractivity contribution in [3.05, 3.63) is 41.4 Å². The van der Waals surface area contributed by atoms with Crippen LogP contribution in [0.3, 0.4) is 0 Å². The van der Waals surface area contributed by atoms with Crippen molar-refractivity contribution in [2.45, 2.75) is 19.3 Å². The number of piperidine rings is 1. The van der Waals surface area contributed by atoms with Crippen molar-refractivity contribution in [3.8, 4) is 5.75 Å². The molecule has 1 saturated heterocycles. The summed E-state index contributed by atoms with van der Waals surface area (Å²) in [5.74, 6) is 1.33. The van der Waals surface area contributed by atoms with Gasteiger partial charge in [0, 0.05) is 18.1 Å². The smallest absolute Gasteiger partial charge is 0.245 e. The van der Waals surface area contributed by atoms with Gasteiger partial charge in [0.2, 0.25) is 5.91 Å². The summed E-state index contributed by atoms with van der Waals surface area (Å²) in [6.07, 6.45) is 4.43. The van der Waals surface area contributed by atoms with Gasteiger partial charge in [-0.05, 0) is 55.0 Å². The first kappa shape index (κ1) is 14.9. The average Bonchev–Trinajstić information content (AvgIpc) is 2.47. The quantitative estimate of drug-likeness (QED) is 0.797. The number of methoxy groups -OCH3 is 1. The SMILES string of the molecule is C=CC(=O)N1CCCC(Cc2cc(Cl)ccc2OC)C1. The second-order valence-electron chi connectivity index (χ2n) is 5.16. The molecule has 0 spiro atoms. The summed E-state index contributed by atoms with van der Waals surface area (Å²) in [5.41, 5.74) is 1.11. The van der Waals surface area contributed by atoms with E-state index in [9.17, 15) is 4.79 Å². The summed E-state index contributed by atoms with van der Waals surface area (Å²) < 4.78 is 5.38. The molecule has 20 heavy (non-hydrogen) atoms. The lowest BCUT2D eigenvalue weighted by molar-refractivity contribution is -0.127. The van der Waals surface area contributed by atoms with E-state index in [1.165, 1.54) is 6.08 Å². The fourth-order valence-electron chi connectivity index (χ4n) is 2.78. The Kier molecular flexibility index (Phi) is 5.07. The maximum atomic E-state index is 11.7. The molecule has 1 amide bonds. The van der Waals surface area contributed by atoms with E-state index >= 15 is 0 Å². The standard InChI is InChI=1S/C16H20ClNO2/c1-3-16(19)18-8-4-5-12(11-18)9-13-10-14(17)6-7-15(13)20-2/h3,6-7,10,12H,1,4-5,8-9,11H2,2H3. The highest BCUT2D eigenvalue weighted by molar-refractivity contribution is 6.30. The molecule has 1 aliphatic heterocycles. The molecule has 0 bridgehead atoms. The molecule has 0 aromatic heterocycles. The van der Waals surface area contributed by atoms with Crippen molar-refractivity contribution >= 4 is 17.5 Å².